The summed E-state index contributed by atoms with van der Waals surface area (Å²) in [7, 11) is -3.20. The molecule has 100 valence electrons. The predicted molar refractivity (Wildman–Crippen MR) is 75.6 cm³/mol. The Hall–Kier alpha value is -1.27. The van der Waals surface area contributed by atoms with Crippen LogP contribution in [0.15, 0.2) is 34.2 Å². The molecule has 1 aromatic carbocycles. The molecule has 0 radical (unpaired) electrons. The summed E-state index contributed by atoms with van der Waals surface area (Å²) >= 11 is 0. The highest BCUT2D eigenvalue weighted by Gasteiger charge is 2.13. The van der Waals surface area contributed by atoms with E-state index in [4.69, 9.17) is 0 Å². The maximum absolute atomic E-state index is 11.6. The van der Waals surface area contributed by atoms with Crippen LogP contribution in [0.2, 0.25) is 0 Å². The molecule has 0 saturated heterocycles. The maximum Gasteiger partial charge on any atom is 0.177 e. The molecule has 5 nitrogen and oxygen atoms in total. The molecule has 0 aromatic heterocycles. The van der Waals surface area contributed by atoms with Crippen molar-refractivity contribution in [2.24, 2.45) is 4.99 Å². The molecule has 0 saturated carbocycles. The highest BCUT2D eigenvalue weighted by Crippen LogP contribution is 2.20. The van der Waals surface area contributed by atoms with Crippen molar-refractivity contribution >= 4 is 33.8 Å². The van der Waals surface area contributed by atoms with E-state index in [1.165, 1.54) is 6.26 Å². The summed E-state index contributed by atoms with van der Waals surface area (Å²) in [6, 6.07) is 6.88. The van der Waals surface area contributed by atoms with Gasteiger partial charge in [-0.1, -0.05) is 12.1 Å². The lowest BCUT2D eigenvalue weighted by Crippen LogP contribution is -2.26. The molecule has 0 aliphatic carbocycles. The minimum atomic E-state index is -3.20. The number of para-hydroxylation sites is 1. The number of anilines is 1. The van der Waals surface area contributed by atoms with Crippen LogP contribution in [0.3, 0.4) is 0 Å². The quantitative estimate of drug-likeness (QED) is 0.865. The van der Waals surface area contributed by atoms with Crippen LogP contribution in [0.4, 0.5) is 5.69 Å². The lowest BCUT2D eigenvalue weighted by molar-refractivity contribution is 0.602. The number of hydrogen-bond acceptors (Lipinski definition) is 5. The van der Waals surface area contributed by atoms with Crippen molar-refractivity contribution in [3.63, 3.8) is 0 Å². The lowest BCUT2D eigenvalue weighted by atomic mass is 10.3. The zero-order chi connectivity index (χ0) is 12.3. The molecule has 1 heterocycles. The summed E-state index contributed by atoms with van der Waals surface area (Å²) in [5.41, 5.74) is 0.617. The van der Waals surface area contributed by atoms with Crippen molar-refractivity contribution in [2.45, 2.75) is 4.90 Å². The smallest absolute Gasteiger partial charge is 0.177 e. The van der Waals surface area contributed by atoms with E-state index in [9.17, 15) is 8.42 Å². The van der Waals surface area contributed by atoms with Crippen molar-refractivity contribution in [3.8, 4) is 0 Å². The number of benzene rings is 1. The van der Waals surface area contributed by atoms with Crippen molar-refractivity contribution in [2.75, 3.05) is 31.2 Å². The van der Waals surface area contributed by atoms with Crippen molar-refractivity contribution in [3.05, 3.63) is 24.3 Å². The number of halogens is 1. The Bertz CT molecular complexity index is 543. The molecule has 1 aliphatic rings. The summed E-state index contributed by atoms with van der Waals surface area (Å²) in [5, 5.41) is 6.21. The summed E-state index contributed by atoms with van der Waals surface area (Å²) in [5.74, 6) is 0.869. The number of aliphatic imine (C=N–C) groups is 1. The number of amidine groups is 1. The summed E-state index contributed by atoms with van der Waals surface area (Å²) in [4.78, 5) is 4.55. The van der Waals surface area contributed by atoms with Gasteiger partial charge < -0.3 is 10.6 Å². The molecule has 1 aliphatic heterocycles. The van der Waals surface area contributed by atoms with Gasteiger partial charge in [0.25, 0.3) is 0 Å². The van der Waals surface area contributed by atoms with Gasteiger partial charge in [0, 0.05) is 12.8 Å². The Kier molecular flexibility index (Phi) is 4.98. The third kappa shape index (κ3) is 3.61. The largest absolute Gasteiger partial charge is 0.377 e. The first kappa shape index (κ1) is 14.8. The van der Waals surface area contributed by atoms with E-state index >= 15 is 0 Å². The van der Waals surface area contributed by atoms with Crippen molar-refractivity contribution in [1.82, 2.24) is 5.32 Å². The maximum atomic E-state index is 11.6. The van der Waals surface area contributed by atoms with E-state index in [1.807, 2.05) is 0 Å². The third-order valence-corrected chi connectivity index (χ3v) is 3.63. The van der Waals surface area contributed by atoms with E-state index in [0.29, 0.717) is 17.1 Å². The van der Waals surface area contributed by atoms with E-state index < -0.39 is 9.84 Å². The molecule has 0 spiro atoms. The summed E-state index contributed by atoms with van der Waals surface area (Å²) in [6.45, 7) is 2.15. The fraction of sp³-hybridized carbons (Fsp3) is 0.364. The molecule has 1 aromatic rings. The second-order valence-corrected chi connectivity index (χ2v) is 5.86. The fourth-order valence-electron chi connectivity index (χ4n) is 1.68. The Morgan fingerprint density at radius 3 is 2.72 bits per heavy atom. The third-order valence-electron chi connectivity index (χ3n) is 2.48. The Balaban J connectivity index is 0.00000162. The van der Waals surface area contributed by atoms with Gasteiger partial charge in [-0.15, -0.1) is 12.4 Å². The number of rotatable bonds is 4. The average Bonchev–Trinajstić information content (AvgIpc) is 2.78. The molecule has 0 amide bonds. The van der Waals surface area contributed by atoms with Crippen LogP contribution >= 0.6 is 12.4 Å². The normalized spacial score (nSPS) is 14.4. The molecule has 7 heteroatoms. The van der Waals surface area contributed by atoms with Crippen LogP contribution in [0.5, 0.6) is 0 Å². The molecule has 0 bridgehead atoms. The topological polar surface area (TPSA) is 70.6 Å². The average molecular weight is 290 g/mol. The first-order valence-electron chi connectivity index (χ1n) is 5.37. The molecule has 0 fully saturated rings. The van der Waals surface area contributed by atoms with Crippen molar-refractivity contribution in [1.29, 1.82) is 0 Å². The van der Waals surface area contributed by atoms with Crippen LogP contribution in [-0.2, 0) is 9.84 Å². The second-order valence-electron chi connectivity index (χ2n) is 3.88. The summed E-state index contributed by atoms with van der Waals surface area (Å²) < 4.78 is 23.1. The number of hydrogen-bond donors (Lipinski definition) is 2. The van der Waals surface area contributed by atoms with Crippen LogP contribution in [-0.4, -0.2) is 40.1 Å². The van der Waals surface area contributed by atoms with E-state index in [2.05, 4.69) is 15.6 Å². The minimum Gasteiger partial charge on any atom is -0.377 e. The first-order chi connectivity index (χ1) is 8.07. The van der Waals surface area contributed by atoms with Crippen LogP contribution in [0.25, 0.3) is 0 Å². The zero-order valence-corrected chi connectivity index (χ0v) is 11.6. The number of nitrogens with zero attached hydrogens (tertiary/aromatic N) is 1. The molecular weight excluding hydrogens is 274 g/mol. The molecule has 18 heavy (non-hydrogen) atoms. The zero-order valence-electron chi connectivity index (χ0n) is 10.0. The van der Waals surface area contributed by atoms with Crippen LogP contribution in [0.1, 0.15) is 0 Å². The second kappa shape index (κ2) is 6.06. The van der Waals surface area contributed by atoms with Crippen LogP contribution < -0.4 is 10.6 Å². The van der Waals surface area contributed by atoms with Gasteiger partial charge in [-0.2, -0.15) is 0 Å². The number of sulfone groups is 1. The number of nitrogens with one attached hydrogen (secondary N) is 2. The molecule has 0 unspecified atom stereocenters. The lowest BCUT2D eigenvalue weighted by Gasteiger charge is -2.10. The first-order valence-corrected chi connectivity index (χ1v) is 7.26. The van der Waals surface area contributed by atoms with Gasteiger partial charge in [0.1, 0.15) is 5.84 Å². The highest BCUT2D eigenvalue weighted by molar-refractivity contribution is 7.90. The van der Waals surface area contributed by atoms with Gasteiger partial charge in [0.05, 0.1) is 23.7 Å². The van der Waals surface area contributed by atoms with Crippen LogP contribution in [0, 0.1) is 0 Å². The Morgan fingerprint density at radius 1 is 1.39 bits per heavy atom. The monoisotopic (exact) mass is 289 g/mol. The molecule has 2 rings (SSSR count). The van der Waals surface area contributed by atoms with Gasteiger partial charge in [0.2, 0.25) is 0 Å². The molecular formula is C11H16ClN3O2S. The SMILES string of the molecule is CS(=O)(=O)c1ccccc1NCC1=NCCN1.Cl. The van der Waals surface area contributed by atoms with Crippen molar-refractivity contribution < 1.29 is 8.42 Å². The van der Waals surface area contributed by atoms with E-state index in [1.54, 1.807) is 24.3 Å². The standard InChI is InChI=1S/C11H15N3O2S.ClH/c1-17(15,16)10-5-3-2-4-9(10)14-8-11-12-6-7-13-11;/h2-5,14H,6-8H2,1H3,(H,12,13);1H. The predicted octanol–water partition coefficient (Wildman–Crippen LogP) is 0.925. The van der Waals surface area contributed by atoms with Gasteiger partial charge in [0.15, 0.2) is 9.84 Å². The van der Waals surface area contributed by atoms with Gasteiger partial charge in [-0.05, 0) is 12.1 Å². The highest BCUT2D eigenvalue weighted by atomic mass is 35.5. The Morgan fingerprint density at radius 2 is 2.11 bits per heavy atom. The van der Waals surface area contributed by atoms with E-state index in [0.717, 1.165) is 18.9 Å². The van der Waals surface area contributed by atoms with Gasteiger partial charge >= 0.3 is 0 Å². The molecule has 0 atom stereocenters. The minimum absolute atomic E-state index is 0. The molecule has 2 N–H and O–H groups in total. The van der Waals surface area contributed by atoms with E-state index in [-0.39, 0.29) is 12.4 Å². The van der Waals surface area contributed by atoms with Gasteiger partial charge in [-0.25, -0.2) is 8.42 Å². The fourth-order valence-corrected chi connectivity index (χ4v) is 2.55. The Labute approximate surface area is 113 Å². The van der Waals surface area contributed by atoms with Gasteiger partial charge in [-0.3, -0.25) is 4.99 Å². The summed E-state index contributed by atoms with van der Waals surface area (Å²) in [6.07, 6.45) is 1.21.